The SMILES string of the molecule is C1=CC(c2ccc(-c3nc(-c4cccc(-c5cccc(-c6ccccc6)c5)c4)nc(-c4ccccc4-c4ccc(-c5ccccc5)cc4)n3)cc2)=CCC1. The smallest absolute Gasteiger partial charge is 0.164 e. The molecule has 0 radical (unpaired) electrons. The quantitative estimate of drug-likeness (QED) is 0.159. The maximum Gasteiger partial charge on any atom is 0.164 e. The fourth-order valence-electron chi connectivity index (χ4n) is 7.14. The lowest BCUT2D eigenvalue weighted by molar-refractivity contribution is 1.04. The minimum absolute atomic E-state index is 0.632. The lowest BCUT2D eigenvalue weighted by Gasteiger charge is -2.13. The minimum Gasteiger partial charge on any atom is -0.208 e. The Morgan fingerprint density at radius 2 is 0.741 bits per heavy atom. The van der Waals surface area contributed by atoms with Crippen molar-refractivity contribution in [2.24, 2.45) is 0 Å². The molecule has 54 heavy (non-hydrogen) atoms. The molecule has 0 fully saturated rings. The summed E-state index contributed by atoms with van der Waals surface area (Å²) in [5.41, 5.74) is 14.4. The molecule has 0 N–H and O–H groups in total. The predicted molar refractivity (Wildman–Crippen MR) is 224 cm³/mol. The number of hydrogen-bond acceptors (Lipinski definition) is 3. The van der Waals surface area contributed by atoms with E-state index >= 15 is 0 Å². The molecule has 1 heterocycles. The van der Waals surface area contributed by atoms with Gasteiger partial charge in [0.05, 0.1) is 0 Å². The van der Waals surface area contributed by atoms with Crippen molar-refractivity contribution in [3.8, 4) is 78.7 Å². The highest BCUT2D eigenvalue weighted by molar-refractivity contribution is 5.84. The molecule has 0 spiro atoms. The average Bonchev–Trinajstić information content (AvgIpc) is 3.27. The van der Waals surface area contributed by atoms with Gasteiger partial charge in [0, 0.05) is 16.7 Å². The van der Waals surface area contributed by atoms with Gasteiger partial charge in [0.1, 0.15) is 0 Å². The van der Waals surface area contributed by atoms with Crippen molar-refractivity contribution < 1.29 is 0 Å². The molecule has 3 nitrogen and oxygen atoms in total. The van der Waals surface area contributed by atoms with Crippen LogP contribution in [0.5, 0.6) is 0 Å². The summed E-state index contributed by atoms with van der Waals surface area (Å²) in [6.45, 7) is 0. The standard InChI is InChI=1S/C51H37N3/c1-4-14-36(15-5-1)39-26-30-41(31-27-39)47-24-10-11-25-48(47)51-53-49(42-32-28-40(29-33-42)37-16-6-2-7-17-37)52-50(54-51)46-23-13-22-45(35-46)44-21-12-20-43(34-44)38-18-8-3-9-19-38/h1,3-6,8-35H,2,7H2. The van der Waals surface area contributed by atoms with Crippen LogP contribution in [0.15, 0.2) is 200 Å². The van der Waals surface area contributed by atoms with Crippen LogP contribution in [-0.2, 0) is 0 Å². The molecule has 0 aliphatic heterocycles. The predicted octanol–water partition coefficient (Wildman–Crippen LogP) is 13.3. The summed E-state index contributed by atoms with van der Waals surface area (Å²) in [6, 6.07) is 63.9. The first-order valence-corrected chi connectivity index (χ1v) is 18.5. The number of allylic oxidation sites excluding steroid dienone is 4. The lowest BCUT2D eigenvalue weighted by atomic mass is 9.96. The summed E-state index contributed by atoms with van der Waals surface area (Å²) in [6.07, 6.45) is 8.92. The largest absolute Gasteiger partial charge is 0.208 e. The Hall–Kier alpha value is -6.97. The number of hydrogen-bond donors (Lipinski definition) is 0. The highest BCUT2D eigenvalue weighted by Crippen LogP contribution is 2.35. The van der Waals surface area contributed by atoms with E-state index in [2.05, 4.69) is 188 Å². The molecule has 256 valence electrons. The van der Waals surface area contributed by atoms with Gasteiger partial charge in [-0.05, 0) is 80.6 Å². The minimum atomic E-state index is 0.632. The third kappa shape index (κ3) is 6.96. The molecule has 0 saturated carbocycles. The van der Waals surface area contributed by atoms with Crippen LogP contribution in [0.25, 0.3) is 84.2 Å². The summed E-state index contributed by atoms with van der Waals surface area (Å²) >= 11 is 0. The van der Waals surface area contributed by atoms with Gasteiger partial charge in [0.15, 0.2) is 17.5 Å². The highest BCUT2D eigenvalue weighted by atomic mass is 15.0. The van der Waals surface area contributed by atoms with Gasteiger partial charge in [0.25, 0.3) is 0 Å². The van der Waals surface area contributed by atoms with Crippen LogP contribution in [0, 0.1) is 0 Å². The van der Waals surface area contributed by atoms with E-state index in [9.17, 15) is 0 Å². The topological polar surface area (TPSA) is 38.7 Å². The van der Waals surface area contributed by atoms with Gasteiger partial charge >= 0.3 is 0 Å². The van der Waals surface area contributed by atoms with Gasteiger partial charge in [-0.15, -0.1) is 0 Å². The summed E-state index contributed by atoms with van der Waals surface area (Å²) in [7, 11) is 0. The Kier molecular flexibility index (Phi) is 9.11. The molecule has 0 amide bonds. The Morgan fingerprint density at radius 3 is 1.39 bits per heavy atom. The molecule has 0 unspecified atom stereocenters. The van der Waals surface area contributed by atoms with E-state index in [4.69, 9.17) is 15.0 Å². The lowest BCUT2D eigenvalue weighted by Crippen LogP contribution is -2.01. The van der Waals surface area contributed by atoms with Gasteiger partial charge in [-0.2, -0.15) is 0 Å². The zero-order valence-corrected chi connectivity index (χ0v) is 29.8. The Bertz CT molecular complexity index is 2620. The number of aromatic nitrogens is 3. The van der Waals surface area contributed by atoms with Crippen LogP contribution < -0.4 is 0 Å². The first kappa shape index (κ1) is 32.9. The van der Waals surface area contributed by atoms with Gasteiger partial charge in [-0.3, -0.25) is 0 Å². The summed E-state index contributed by atoms with van der Waals surface area (Å²) in [5, 5.41) is 0. The molecular formula is C51H37N3. The molecule has 8 aromatic rings. The zero-order valence-electron chi connectivity index (χ0n) is 29.8. The van der Waals surface area contributed by atoms with Crippen LogP contribution in [0.4, 0.5) is 0 Å². The molecule has 1 aliphatic rings. The van der Waals surface area contributed by atoms with Crippen molar-refractivity contribution in [1.82, 2.24) is 15.0 Å². The first-order valence-electron chi connectivity index (χ1n) is 18.5. The third-order valence-corrected chi connectivity index (χ3v) is 10.0. The van der Waals surface area contributed by atoms with E-state index in [0.29, 0.717) is 17.5 Å². The van der Waals surface area contributed by atoms with Gasteiger partial charge in [-0.25, -0.2) is 15.0 Å². The van der Waals surface area contributed by atoms with Crippen molar-refractivity contribution >= 4 is 5.57 Å². The summed E-state index contributed by atoms with van der Waals surface area (Å²) < 4.78 is 0. The molecule has 7 aromatic carbocycles. The second-order valence-electron chi connectivity index (χ2n) is 13.5. The summed E-state index contributed by atoms with van der Waals surface area (Å²) in [5.74, 6) is 1.91. The monoisotopic (exact) mass is 691 g/mol. The Labute approximate surface area is 316 Å². The van der Waals surface area contributed by atoms with Crippen LogP contribution in [0.3, 0.4) is 0 Å². The van der Waals surface area contributed by atoms with Crippen molar-refractivity contribution in [2.75, 3.05) is 0 Å². The van der Waals surface area contributed by atoms with Crippen LogP contribution in [0.1, 0.15) is 18.4 Å². The number of rotatable bonds is 8. The molecule has 0 bridgehead atoms. The van der Waals surface area contributed by atoms with Gasteiger partial charge < -0.3 is 0 Å². The van der Waals surface area contributed by atoms with E-state index in [0.717, 1.165) is 51.8 Å². The average molecular weight is 692 g/mol. The molecule has 1 aromatic heterocycles. The fourth-order valence-corrected chi connectivity index (χ4v) is 7.14. The maximum absolute atomic E-state index is 5.20. The first-order chi connectivity index (χ1) is 26.7. The van der Waals surface area contributed by atoms with Gasteiger partial charge in [-0.1, -0.05) is 188 Å². The van der Waals surface area contributed by atoms with E-state index in [1.54, 1.807) is 0 Å². The molecule has 0 atom stereocenters. The van der Waals surface area contributed by atoms with Crippen LogP contribution in [0.2, 0.25) is 0 Å². The van der Waals surface area contributed by atoms with Crippen molar-refractivity contribution in [2.45, 2.75) is 12.8 Å². The second kappa shape index (κ2) is 14.9. The van der Waals surface area contributed by atoms with Crippen molar-refractivity contribution in [1.29, 1.82) is 0 Å². The summed E-state index contributed by atoms with van der Waals surface area (Å²) in [4.78, 5) is 15.5. The molecule has 0 saturated heterocycles. The van der Waals surface area contributed by atoms with Gasteiger partial charge in [0.2, 0.25) is 0 Å². The molecule has 9 rings (SSSR count). The van der Waals surface area contributed by atoms with Crippen LogP contribution >= 0.6 is 0 Å². The van der Waals surface area contributed by atoms with E-state index in [-0.39, 0.29) is 0 Å². The van der Waals surface area contributed by atoms with E-state index in [1.807, 2.05) is 12.1 Å². The molecular weight excluding hydrogens is 655 g/mol. The fraction of sp³-hybridized carbons (Fsp3) is 0.0392. The number of nitrogens with zero attached hydrogens (tertiary/aromatic N) is 3. The van der Waals surface area contributed by atoms with Crippen LogP contribution in [-0.4, -0.2) is 15.0 Å². The second-order valence-corrected chi connectivity index (χ2v) is 13.5. The normalized spacial score (nSPS) is 12.3. The third-order valence-electron chi connectivity index (χ3n) is 10.0. The van der Waals surface area contributed by atoms with E-state index < -0.39 is 0 Å². The zero-order chi connectivity index (χ0) is 36.1. The molecule has 1 aliphatic carbocycles. The highest BCUT2D eigenvalue weighted by Gasteiger charge is 2.17. The maximum atomic E-state index is 5.20. The number of benzene rings is 7. The molecule has 3 heteroatoms. The van der Waals surface area contributed by atoms with Crippen molar-refractivity contribution in [3.05, 3.63) is 206 Å². The Morgan fingerprint density at radius 1 is 0.296 bits per heavy atom. The Balaban J connectivity index is 1.14. The van der Waals surface area contributed by atoms with E-state index in [1.165, 1.54) is 33.4 Å². The van der Waals surface area contributed by atoms with Crippen molar-refractivity contribution in [3.63, 3.8) is 0 Å².